The molecule has 0 fully saturated rings. The fraction of sp³-hybridized carbons (Fsp3) is 0.118. The van der Waals surface area contributed by atoms with Gasteiger partial charge in [-0.2, -0.15) is 0 Å². The molecule has 0 aromatic heterocycles. The summed E-state index contributed by atoms with van der Waals surface area (Å²) >= 11 is 5.75. The number of anilines is 1. The Balaban J connectivity index is 2.02. The number of nitrogens with one attached hydrogen (secondary N) is 1. The molecule has 2 N–H and O–H groups in total. The van der Waals surface area contributed by atoms with Crippen molar-refractivity contribution < 1.29 is 29.0 Å². The van der Waals surface area contributed by atoms with Gasteiger partial charge in [-0.3, -0.25) is 9.59 Å². The lowest BCUT2D eigenvalue weighted by Gasteiger charge is -2.10. The number of carbonyl (C=O) groups excluding carboxylic acids is 2. The number of carboxylic acids is 1. The van der Waals surface area contributed by atoms with Crippen LogP contribution >= 0.6 is 11.6 Å². The summed E-state index contributed by atoms with van der Waals surface area (Å²) in [6, 6.07) is 10.4. The Kier molecular flexibility index (Phi) is 5.97. The zero-order chi connectivity index (χ0) is 18.4. The van der Waals surface area contributed by atoms with Gasteiger partial charge in [-0.1, -0.05) is 11.6 Å². The van der Waals surface area contributed by atoms with Crippen LogP contribution in [0.25, 0.3) is 0 Å². The SMILES string of the molecule is CC(=O)Oc1ccc(NC(=O)COc2ccc(Cl)cc2)cc1C(=O)O. The van der Waals surface area contributed by atoms with Crippen LogP contribution in [0.4, 0.5) is 5.69 Å². The van der Waals surface area contributed by atoms with Crippen LogP contribution in [0, 0.1) is 0 Å². The number of aromatic carboxylic acids is 1. The fourth-order valence-electron chi connectivity index (χ4n) is 1.90. The van der Waals surface area contributed by atoms with Crippen molar-refractivity contribution in [2.24, 2.45) is 0 Å². The Morgan fingerprint density at radius 2 is 1.80 bits per heavy atom. The molecule has 2 rings (SSSR count). The van der Waals surface area contributed by atoms with Crippen LogP contribution in [0.3, 0.4) is 0 Å². The maximum absolute atomic E-state index is 11.9. The maximum atomic E-state index is 11.9. The third-order valence-electron chi connectivity index (χ3n) is 2.93. The van der Waals surface area contributed by atoms with Crippen LogP contribution < -0.4 is 14.8 Å². The molecule has 0 spiro atoms. The second kappa shape index (κ2) is 8.16. The van der Waals surface area contributed by atoms with E-state index in [1.807, 2.05) is 0 Å². The smallest absolute Gasteiger partial charge is 0.339 e. The summed E-state index contributed by atoms with van der Waals surface area (Å²) in [5.41, 5.74) is -0.00960. The molecule has 0 aliphatic carbocycles. The zero-order valence-electron chi connectivity index (χ0n) is 13.1. The first-order chi connectivity index (χ1) is 11.8. The number of hydrogen-bond donors (Lipinski definition) is 2. The molecule has 0 aliphatic heterocycles. The van der Waals surface area contributed by atoms with Crippen molar-refractivity contribution in [2.75, 3.05) is 11.9 Å². The zero-order valence-corrected chi connectivity index (χ0v) is 13.9. The number of carbonyl (C=O) groups is 3. The summed E-state index contributed by atoms with van der Waals surface area (Å²) in [6.45, 7) is 0.894. The van der Waals surface area contributed by atoms with Crippen molar-refractivity contribution >= 4 is 35.1 Å². The molecular formula is C17H14ClNO6. The molecule has 0 saturated carbocycles. The van der Waals surface area contributed by atoms with Gasteiger partial charge in [0.1, 0.15) is 17.1 Å². The van der Waals surface area contributed by atoms with Crippen molar-refractivity contribution in [3.05, 3.63) is 53.1 Å². The molecule has 2 aromatic carbocycles. The van der Waals surface area contributed by atoms with Gasteiger partial charge in [-0.05, 0) is 42.5 Å². The van der Waals surface area contributed by atoms with Gasteiger partial charge in [-0.15, -0.1) is 0 Å². The lowest BCUT2D eigenvalue weighted by atomic mass is 10.1. The molecule has 0 unspecified atom stereocenters. The fourth-order valence-corrected chi connectivity index (χ4v) is 2.02. The second-order valence-electron chi connectivity index (χ2n) is 4.90. The highest BCUT2D eigenvalue weighted by Crippen LogP contribution is 2.23. The van der Waals surface area contributed by atoms with Crippen molar-refractivity contribution in [1.29, 1.82) is 0 Å². The molecule has 0 bridgehead atoms. The third kappa shape index (κ3) is 5.50. The highest BCUT2D eigenvalue weighted by Gasteiger charge is 2.15. The van der Waals surface area contributed by atoms with E-state index < -0.39 is 17.8 Å². The lowest BCUT2D eigenvalue weighted by Crippen LogP contribution is -2.20. The normalized spacial score (nSPS) is 10.0. The van der Waals surface area contributed by atoms with Gasteiger partial charge >= 0.3 is 11.9 Å². The second-order valence-corrected chi connectivity index (χ2v) is 5.34. The first-order valence-corrected chi connectivity index (χ1v) is 7.47. The Morgan fingerprint density at radius 3 is 2.40 bits per heavy atom. The molecule has 25 heavy (non-hydrogen) atoms. The van der Waals surface area contributed by atoms with Crippen LogP contribution in [0.15, 0.2) is 42.5 Å². The molecule has 2 aromatic rings. The molecule has 0 atom stereocenters. The predicted octanol–water partition coefficient (Wildman–Crippen LogP) is 2.98. The first-order valence-electron chi connectivity index (χ1n) is 7.09. The van der Waals surface area contributed by atoms with Crippen LogP contribution in [0.5, 0.6) is 11.5 Å². The van der Waals surface area contributed by atoms with E-state index in [-0.39, 0.29) is 23.6 Å². The number of ether oxygens (including phenoxy) is 2. The summed E-state index contributed by atoms with van der Waals surface area (Å²) in [4.78, 5) is 34.1. The standard InChI is InChI=1S/C17H14ClNO6/c1-10(20)25-15-7-4-12(8-14(15)17(22)23)19-16(21)9-24-13-5-2-11(18)3-6-13/h2-8H,9H2,1H3,(H,19,21)(H,22,23). The van der Waals surface area contributed by atoms with E-state index in [0.29, 0.717) is 10.8 Å². The number of amides is 1. The van der Waals surface area contributed by atoms with Crippen LogP contribution in [0.2, 0.25) is 5.02 Å². The minimum absolute atomic E-state index is 0.101. The monoisotopic (exact) mass is 363 g/mol. The molecule has 1 amide bonds. The van der Waals surface area contributed by atoms with Crippen LogP contribution in [-0.4, -0.2) is 29.6 Å². The average Bonchev–Trinajstić information content (AvgIpc) is 2.55. The molecule has 7 nitrogen and oxygen atoms in total. The van der Waals surface area contributed by atoms with Gasteiger partial charge in [0.15, 0.2) is 6.61 Å². The number of halogens is 1. The van der Waals surface area contributed by atoms with Crippen molar-refractivity contribution in [1.82, 2.24) is 0 Å². The summed E-state index contributed by atoms with van der Waals surface area (Å²) in [6.07, 6.45) is 0. The Labute approximate surface area is 148 Å². The van der Waals surface area contributed by atoms with Crippen molar-refractivity contribution in [2.45, 2.75) is 6.92 Å². The summed E-state index contributed by atoms with van der Waals surface area (Å²) < 4.78 is 10.1. The van der Waals surface area contributed by atoms with Gasteiger partial charge in [0, 0.05) is 17.6 Å². The van der Waals surface area contributed by atoms with E-state index >= 15 is 0 Å². The third-order valence-corrected chi connectivity index (χ3v) is 3.18. The van der Waals surface area contributed by atoms with E-state index in [9.17, 15) is 19.5 Å². The van der Waals surface area contributed by atoms with E-state index in [0.717, 1.165) is 6.92 Å². The molecule has 0 heterocycles. The number of carboxylic acid groups (broad SMARTS) is 1. The van der Waals surface area contributed by atoms with Gasteiger partial charge in [0.2, 0.25) is 0 Å². The predicted molar refractivity (Wildman–Crippen MR) is 90.3 cm³/mol. The molecule has 0 radical (unpaired) electrons. The van der Waals surface area contributed by atoms with Gasteiger partial charge in [0.25, 0.3) is 5.91 Å². The quantitative estimate of drug-likeness (QED) is 0.604. The topological polar surface area (TPSA) is 102 Å². The number of hydrogen-bond acceptors (Lipinski definition) is 5. The van der Waals surface area contributed by atoms with Crippen LogP contribution in [-0.2, 0) is 9.59 Å². The molecule has 0 saturated heterocycles. The maximum Gasteiger partial charge on any atom is 0.339 e. The van der Waals surface area contributed by atoms with E-state index in [1.165, 1.54) is 18.2 Å². The highest BCUT2D eigenvalue weighted by molar-refractivity contribution is 6.30. The number of rotatable bonds is 6. The van der Waals surface area contributed by atoms with Gasteiger partial charge < -0.3 is 19.9 Å². The minimum atomic E-state index is -1.29. The summed E-state index contributed by atoms with van der Waals surface area (Å²) in [7, 11) is 0. The van der Waals surface area contributed by atoms with Gasteiger partial charge in [-0.25, -0.2) is 4.79 Å². The van der Waals surface area contributed by atoms with E-state index in [1.54, 1.807) is 24.3 Å². The van der Waals surface area contributed by atoms with E-state index in [2.05, 4.69) is 5.32 Å². The van der Waals surface area contributed by atoms with E-state index in [4.69, 9.17) is 21.1 Å². The lowest BCUT2D eigenvalue weighted by molar-refractivity contribution is -0.131. The average molecular weight is 364 g/mol. The van der Waals surface area contributed by atoms with Crippen LogP contribution in [0.1, 0.15) is 17.3 Å². The molecular weight excluding hydrogens is 350 g/mol. The first kappa shape index (κ1) is 18.3. The molecule has 0 aliphatic rings. The summed E-state index contributed by atoms with van der Waals surface area (Å²) in [5.74, 6) is -2.04. The van der Waals surface area contributed by atoms with Crippen molar-refractivity contribution in [3.8, 4) is 11.5 Å². The van der Waals surface area contributed by atoms with Gasteiger partial charge in [0.05, 0.1) is 0 Å². The Hall–Kier alpha value is -3.06. The number of benzene rings is 2. The largest absolute Gasteiger partial charge is 0.484 e. The molecule has 8 heteroatoms. The Morgan fingerprint density at radius 1 is 1.12 bits per heavy atom. The highest BCUT2D eigenvalue weighted by atomic mass is 35.5. The van der Waals surface area contributed by atoms with Crippen molar-refractivity contribution in [3.63, 3.8) is 0 Å². The number of esters is 1. The molecule has 130 valence electrons. The minimum Gasteiger partial charge on any atom is -0.484 e. The summed E-state index contributed by atoms with van der Waals surface area (Å²) in [5, 5.41) is 12.2. The Bertz CT molecular complexity index is 803.